The second-order valence-electron chi connectivity index (χ2n) is 5.01. The Morgan fingerprint density at radius 3 is 2.95 bits per heavy atom. The molecule has 20 heavy (non-hydrogen) atoms. The van der Waals surface area contributed by atoms with Crippen molar-refractivity contribution in [1.29, 1.82) is 0 Å². The number of halogens is 1. The Morgan fingerprint density at radius 2 is 2.25 bits per heavy atom. The molecule has 1 N–H and O–H groups in total. The van der Waals surface area contributed by atoms with Crippen LogP contribution in [0, 0.1) is 0 Å². The van der Waals surface area contributed by atoms with Crippen LogP contribution >= 0.6 is 11.6 Å². The minimum atomic E-state index is -0.0170. The Labute approximate surface area is 123 Å². The molecule has 0 amide bonds. The summed E-state index contributed by atoms with van der Waals surface area (Å²) in [7, 11) is 2.07. The summed E-state index contributed by atoms with van der Waals surface area (Å²) in [6, 6.07) is 0.226. The monoisotopic (exact) mass is 301 g/mol. The molecule has 2 rings (SSSR count). The maximum Gasteiger partial charge on any atom is 0.322 e. The first-order valence-corrected chi connectivity index (χ1v) is 7.03. The molecule has 7 nitrogen and oxygen atoms in total. The number of rotatable bonds is 5. The largest absolute Gasteiger partial charge is 0.461 e. The van der Waals surface area contributed by atoms with Gasteiger partial charge in [0, 0.05) is 19.6 Å². The molecule has 0 aromatic carbocycles. The van der Waals surface area contributed by atoms with E-state index in [1.165, 1.54) is 0 Å². The average molecular weight is 302 g/mol. The molecule has 0 spiro atoms. The zero-order chi connectivity index (χ0) is 14.5. The number of nitrogens with one attached hydrogen (secondary N) is 1. The van der Waals surface area contributed by atoms with E-state index in [9.17, 15) is 0 Å². The van der Waals surface area contributed by atoms with E-state index in [1.54, 1.807) is 0 Å². The van der Waals surface area contributed by atoms with Gasteiger partial charge >= 0.3 is 6.01 Å². The summed E-state index contributed by atoms with van der Waals surface area (Å²) >= 11 is 5.86. The Balaban J connectivity index is 1.93. The SMILES string of the molecule is CC(C)Oc1nc(Cl)nc(NCC2CN(C)CCO2)n1. The van der Waals surface area contributed by atoms with Gasteiger partial charge in [-0.3, -0.25) is 0 Å². The first kappa shape index (κ1) is 15.2. The number of likely N-dealkylation sites (N-methyl/N-ethyl adjacent to an activating group) is 1. The highest BCUT2D eigenvalue weighted by atomic mass is 35.5. The van der Waals surface area contributed by atoms with Crippen molar-refractivity contribution in [2.75, 3.05) is 38.6 Å². The number of hydrogen-bond acceptors (Lipinski definition) is 7. The zero-order valence-electron chi connectivity index (χ0n) is 12.0. The molecular weight excluding hydrogens is 282 g/mol. The van der Waals surface area contributed by atoms with E-state index in [0.717, 1.165) is 19.7 Å². The summed E-state index contributed by atoms with van der Waals surface area (Å²) in [4.78, 5) is 14.3. The van der Waals surface area contributed by atoms with Gasteiger partial charge in [-0.15, -0.1) is 0 Å². The van der Waals surface area contributed by atoms with Gasteiger partial charge in [0.2, 0.25) is 11.2 Å². The molecule has 0 radical (unpaired) electrons. The molecule has 0 bridgehead atoms. The lowest BCUT2D eigenvalue weighted by atomic mass is 10.3. The number of nitrogens with zero attached hydrogens (tertiary/aromatic N) is 4. The fourth-order valence-corrected chi connectivity index (χ4v) is 2.02. The predicted molar refractivity (Wildman–Crippen MR) is 76.3 cm³/mol. The molecule has 1 aromatic rings. The minimum absolute atomic E-state index is 0.0170. The van der Waals surface area contributed by atoms with E-state index in [2.05, 4.69) is 32.2 Å². The molecule has 1 aliphatic rings. The predicted octanol–water partition coefficient (Wildman–Crippen LogP) is 1.05. The van der Waals surface area contributed by atoms with Gasteiger partial charge in [0.1, 0.15) is 0 Å². The maximum atomic E-state index is 5.86. The maximum absolute atomic E-state index is 5.86. The summed E-state index contributed by atoms with van der Waals surface area (Å²) < 4.78 is 11.1. The molecule has 8 heteroatoms. The summed E-state index contributed by atoms with van der Waals surface area (Å²) in [5.41, 5.74) is 0. The van der Waals surface area contributed by atoms with E-state index in [4.69, 9.17) is 21.1 Å². The third-order valence-corrected chi connectivity index (χ3v) is 2.93. The number of anilines is 1. The van der Waals surface area contributed by atoms with Crippen LogP contribution in [0.3, 0.4) is 0 Å². The summed E-state index contributed by atoms with van der Waals surface area (Å²) in [5, 5.41) is 3.22. The topological polar surface area (TPSA) is 72.4 Å². The first-order chi connectivity index (χ1) is 9.52. The van der Waals surface area contributed by atoms with Crippen molar-refractivity contribution >= 4 is 17.5 Å². The van der Waals surface area contributed by atoms with Gasteiger partial charge in [-0.05, 0) is 32.5 Å². The van der Waals surface area contributed by atoms with Crippen molar-refractivity contribution in [3.8, 4) is 6.01 Å². The quantitative estimate of drug-likeness (QED) is 0.871. The van der Waals surface area contributed by atoms with Crippen molar-refractivity contribution in [3.63, 3.8) is 0 Å². The van der Waals surface area contributed by atoms with Gasteiger partial charge in [0.15, 0.2) is 0 Å². The molecule has 1 unspecified atom stereocenters. The van der Waals surface area contributed by atoms with E-state index in [-0.39, 0.29) is 23.5 Å². The fraction of sp³-hybridized carbons (Fsp3) is 0.750. The number of morpholine rings is 1. The van der Waals surface area contributed by atoms with Gasteiger partial charge < -0.3 is 19.7 Å². The van der Waals surface area contributed by atoms with Gasteiger partial charge in [-0.1, -0.05) is 0 Å². The zero-order valence-corrected chi connectivity index (χ0v) is 12.7. The average Bonchev–Trinajstić information content (AvgIpc) is 2.35. The number of aromatic nitrogens is 3. The van der Waals surface area contributed by atoms with Crippen LogP contribution in [-0.4, -0.2) is 65.3 Å². The van der Waals surface area contributed by atoms with Crippen LogP contribution in [0.2, 0.25) is 5.28 Å². The van der Waals surface area contributed by atoms with Crippen molar-refractivity contribution in [1.82, 2.24) is 19.9 Å². The molecule has 1 fully saturated rings. The van der Waals surface area contributed by atoms with Gasteiger partial charge in [-0.2, -0.15) is 15.0 Å². The molecule has 2 heterocycles. The minimum Gasteiger partial charge on any atom is -0.461 e. The fourth-order valence-electron chi connectivity index (χ4n) is 1.87. The Morgan fingerprint density at radius 1 is 1.45 bits per heavy atom. The second kappa shape index (κ2) is 7.01. The van der Waals surface area contributed by atoms with Crippen LogP contribution in [0.25, 0.3) is 0 Å². The van der Waals surface area contributed by atoms with Crippen LogP contribution in [-0.2, 0) is 4.74 Å². The lowest BCUT2D eigenvalue weighted by Crippen LogP contribution is -2.43. The van der Waals surface area contributed by atoms with E-state index < -0.39 is 0 Å². The van der Waals surface area contributed by atoms with Crippen molar-refractivity contribution in [2.45, 2.75) is 26.1 Å². The highest BCUT2D eigenvalue weighted by Gasteiger charge is 2.18. The van der Waals surface area contributed by atoms with Crippen LogP contribution in [0.1, 0.15) is 13.8 Å². The van der Waals surface area contributed by atoms with Crippen LogP contribution in [0.15, 0.2) is 0 Å². The Kier molecular flexibility index (Phi) is 5.33. The van der Waals surface area contributed by atoms with E-state index >= 15 is 0 Å². The molecule has 1 aromatic heterocycles. The lowest BCUT2D eigenvalue weighted by Gasteiger charge is -2.30. The molecule has 1 saturated heterocycles. The first-order valence-electron chi connectivity index (χ1n) is 6.65. The Hall–Kier alpha value is -1.18. The lowest BCUT2D eigenvalue weighted by molar-refractivity contribution is -0.0118. The Bertz CT molecular complexity index is 446. The standard InChI is InChI=1S/C12H20ClN5O2/c1-8(2)20-12-16-10(13)15-11(17-12)14-6-9-7-18(3)4-5-19-9/h8-9H,4-7H2,1-3H3,(H,14,15,16,17). The molecule has 112 valence electrons. The summed E-state index contributed by atoms with van der Waals surface area (Å²) in [6.45, 7) is 6.99. The molecular formula is C12H20ClN5O2. The summed E-state index contributed by atoms with van der Waals surface area (Å²) in [6.07, 6.45) is 0.0930. The van der Waals surface area contributed by atoms with E-state index in [1.807, 2.05) is 13.8 Å². The van der Waals surface area contributed by atoms with Crippen molar-refractivity contribution in [2.24, 2.45) is 0 Å². The van der Waals surface area contributed by atoms with Gasteiger partial charge in [0.25, 0.3) is 0 Å². The van der Waals surface area contributed by atoms with Crippen LogP contribution in [0.5, 0.6) is 6.01 Å². The van der Waals surface area contributed by atoms with E-state index in [0.29, 0.717) is 12.5 Å². The third kappa shape index (κ3) is 4.73. The number of ether oxygens (including phenoxy) is 2. The normalized spacial score (nSPS) is 20.1. The van der Waals surface area contributed by atoms with Crippen LogP contribution in [0.4, 0.5) is 5.95 Å². The molecule has 1 atom stereocenters. The van der Waals surface area contributed by atoms with Crippen LogP contribution < -0.4 is 10.1 Å². The highest BCUT2D eigenvalue weighted by molar-refractivity contribution is 6.28. The van der Waals surface area contributed by atoms with Gasteiger partial charge in [0.05, 0.1) is 18.8 Å². The number of hydrogen-bond donors (Lipinski definition) is 1. The van der Waals surface area contributed by atoms with Crippen molar-refractivity contribution in [3.05, 3.63) is 5.28 Å². The smallest absolute Gasteiger partial charge is 0.322 e. The molecule has 1 aliphatic heterocycles. The summed E-state index contributed by atoms with van der Waals surface area (Å²) in [5.74, 6) is 0.400. The van der Waals surface area contributed by atoms with Crippen molar-refractivity contribution < 1.29 is 9.47 Å². The second-order valence-corrected chi connectivity index (χ2v) is 5.35. The molecule has 0 aliphatic carbocycles. The third-order valence-electron chi connectivity index (χ3n) is 2.76. The molecule has 0 saturated carbocycles. The highest BCUT2D eigenvalue weighted by Crippen LogP contribution is 2.13. The van der Waals surface area contributed by atoms with Gasteiger partial charge in [-0.25, -0.2) is 0 Å².